The molecule has 3 aromatic carbocycles. The average molecular weight is 484 g/mol. The van der Waals surface area contributed by atoms with E-state index in [0.29, 0.717) is 60.4 Å². The maximum atomic E-state index is 13.6. The van der Waals surface area contributed by atoms with Crippen LogP contribution in [-0.2, 0) is 0 Å². The van der Waals surface area contributed by atoms with E-state index >= 15 is 0 Å². The van der Waals surface area contributed by atoms with Gasteiger partial charge < -0.3 is 18.8 Å². The van der Waals surface area contributed by atoms with Crippen molar-refractivity contribution in [2.75, 3.05) is 19.7 Å². The molecule has 1 fully saturated rings. The number of fused-ring (bicyclic) bond motifs is 1. The van der Waals surface area contributed by atoms with Gasteiger partial charge in [-0.05, 0) is 38.1 Å². The molecule has 0 atom stereocenters. The lowest BCUT2D eigenvalue weighted by molar-refractivity contribution is 0.0590. The zero-order chi connectivity index (χ0) is 25.1. The van der Waals surface area contributed by atoms with Crippen molar-refractivity contribution in [2.24, 2.45) is 0 Å². The molecule has 6 heteroatoms. The molecule has 0 spiro atoms. The number of nitrogens with zero attached hydrogens (tertiary/aromatic N) is 1. The highest BCUT2D eigenvalue weighted by Gasteiger charge is 2.27. The van der Waals surface area contributed by atoms with E-state index in [1.54, 1.807) is 25.1 Å². The highest BCUT2D eigenvalue weighted by atomic mass is 16.5. The molecular weight excluding hydrogens is 454 g/mol. The summed E-state index contributed by atoms with van der Waals surface area (Å²) in [4.78, 5) is 28.5. The minimum atomic E-state index is -0.139. The minimum absolute atomic E-state index is 0.00608. The summed E-state index contributed by atoms with van der Waals surface area (Å²) < 4.78 is 18.1. The molecule has 1 aromatic heterocycles. The first kappa shape index (κ1) is 23.7. The largest absolute Gasteiger partial charge is 0.490 e. The van der Waals surface area contributed by atoms with Crippen molar-refractivity contribution in [1.29, 1.82) is 0 Å². The summed E-state index contributed by atoms with van der Waals surface area (Å²) in [7, 11) is 0. The molecule has 0 N–H and O–H groups in total. The number of benzene rings is 3. The zero-order valence-corrected chi connectivity index (χ0v) is 20.5. The molecule has 6 nitrogen and oxygen atoms in total. The fraction of sp³-hybridized carbons (Fsp3) is 0.267. The summed E-state index contributed by atoms with van der Waals surface area (Å²) in [5.41, 5.74) is 1.96. The monoisotopic (exact) mass is 483 g/mol. The Hall–Kier alpha value is -4.06. The van der Waals surface area contributed by atoms with Crippen LogP contribution in [0, 0.1) is 6.92 Å². The molecule has 1 saturated heterocycles. The number of amides is 1. The number of ether oxygens (including phenoxy) is 2. The SMILES string of the molecule is CCOc1ccccc1OC1CCN(C(=O)c2cccc3c(=O)c(C)c(-c4ccccc4)oc23)CC1. The third kappa shape index (κ3) is 4.59. The Labute approximate surface area is 210 Å². The molecule has 0 saturated carbocycles. The predicted molar refractivity (Wildman–Crippen MR) is 140 cm³/mol. The lowest BCUT2D eigenvalue weighted by Gasteiger charge is -2.32. The van der Waals surface area contributed by atoms with E-state index in [0.717, 1.165) is 17.1 Å². The number of carbonyl (C=O) groups is 1. The fourth-order valence-electron chi connectivity index (χ4n) is 4.69. The summed E-state index contributed by atoms with van der Waals surface area (Å²) in [5.74, 6) is 1.81. The second-order valence-electron chi connectivity index (χ2n) is 8.92. The average Bonchev–Trinajstić information content (AvgIpc) is 2.92. The van der Waals surface area contributed by atoms with Gasteiger partial charge in [0.1, 0.15) is 11.9 Å². The van der Waals surface area contributed by atoms with Crippen molar-refractivity contribution in [3.8, 4) is 22.8 Å². The van der Waals surface area contributed by atoms with Gasteiger partial charge >= 0.3 is 0 Å². The van der Waals surface area contributed by atoms with Gasteiger partial charge in [0.25, 0.3) is 5.91 Å². The van der Waals surface area contributed by atoms with Gasteiger partial charge in [0.15, 0.2) is 22.5 Å². The molecule has 1 amide bonds. The third-order valence-electron chi connectivity index (χ3n) is 6.58. The smallest absolute Gasteiger partial charge is 0.257 e. The van der Waals surface area contributed by atoms with Crippen LogP contribution in [0.4, 0.5) is 0 Å². The topological polar surface area (TPSA) is 69.0 Å². The van der Waals surface area contributed by atoms with Crippen LogP contribution in [0.25, 0.3) is 22.3 Å². The van der Waals surface area contributed by atoms with Crippen LogP contribution < -0.4 is 14.9 Å². The Kier molecular flexibility index (Phi) is 6.76. The van der Waals surface area contributed by atoms with Crippen molar-refractivity contribution in [1.82, 2.24) is 4.90 Å². The number of piperidine rings is 1. The van der Waals surface area contributed by atoms with E-state index < -0.39 is 0 Å². The Bertz CT molecular complexity index is 1440. The Balaban J connectivity index is 1.38. The molecule has 0 unspecified atom stereocenters. The molecule has 184 valence electrons. The van der Waals surface area contributed by atoms with E-state index in [4.69, 9.17) is 13.9 Å². The summed E-state index contributed by atoms with van der Waals surface area (Å²) in [5, 5.41) is 0.420. The van der Waals surface area contributed by atoms with E-state index in [1.165, 1.54) is 0 Å². The highest BCUT2D eigenvalue weighted by molar-refractivity contribution is 6.05. The van der Waals surface area contributed by atoms with Crippen molar-refractivity contribution in [3.63, 3.8) is 0 Å². The predicted octanol–water partition coefficient (Wildman–Crippen LogP) is 5.85. The molecule has 0 bridgehead atoms. The lowest BCUT2D eigenvalue weighted by Crippen LogP contribution is -2.41. The normalized spacial score (nSPS) is 14.1. The molecule has 4 aromatic rings. The first-order valence-electron chi connectivity index (χ1n) is 12.4. The molecule has 0 radical (unpaired) electrons. The second kappa shape index (κ2) is 10.3. The second-order valence-corrected chi connectivity index (χ2v) is 8.92. The van der Waals surface area contributed by atoms with Crippen molar-refractivity contribution < 1.29 is 18.7 Å². The quantitative estimate of drug-likeness (QED) is 0.344. The van der Waals surface area contributed by atoms with Crippen LogP contribution in [0.5, 0.6) is 11.5 Å². The van der Waals surface area contributed by atoms with Crippen LogP contribution in [0.1, 0.15) is 35.7 Å². The summed E-state index contributed by atoms with van der Waals surface area (Å²) in [6.45, 7) is 5.38. The van der Waals surface area contributed by atoms with Gasteiger partial charge in [-0.15, -0.1) is 0 Å². The van der Waals surface area contributed by atoms with Gasteiger partial charge in [-0.2, -0.15) is 0 Å². The van der Waals surface area contributed by atoms with Gasteiger partial charge in [0, 0.05) is 37.1 Å². The summed E-state index contributed by atoms with van der Waals surface area (Å²) >= 11 is 0. The molecule has 1 aliphatic heterocycles. The van der Waals surface area contributed by atoms with Crippen LogP contribution in [0.2, 0.25) is 0 Å². The summed E-state index contributed by atoms with van der Waals surface area (Å²) in [6, 6.07) is 22.4. The number of para-hydroxylation sites is 3. The van der Waals surface area contributed by atoms with Gasteiger partial charge in [-0.25, -0.2) is 0 Å². The van der Waals surface area contributed by atoms with Crippen LogP contribution in [0.3, 0.4) is 0 Å². The molecule has 0 aliphatic carbocycles. The lowest BCUT2D eigenvalue weighted by atomic mass is 10.0. The van der Waals surface area contributed by atoms with Crippen LogP contribution in [-0.4, -0.2) is 36.6 Å². The maximum Gasteiger partial charge on any atom is 0.257 e. The standard InChI is InChI=1S/C30H29NO5/c1-3-34-25-14-7-8-15-26(25)35-22-16-18-31(19-17-22)30(33)24-13-9-12-23-27(32)20(2)28(36-29(23)24)21-10-5-4-6-11-21/h4-15,22H,3,16-19H2,1-2H3. The van der Waals surface area contributed by atoms with Gasteiger partial charge in [-0.1, -0.05) is 48.5 Å². The number of carbonyl (C=O) groups excluding carboxylic acids is 1. The zero-order valence-electron chi connectivity index (χ0n) is 20.5. The maximum absolute atomic E-state index is 13.6. The fourth-order valence-corrected chi connectivity index (χ4v) is 4.69. The van der Waals surface area contributed by atoms with E-state index in [-0.39, 0.29) is 17.4 Å². The summed E-state index contributed by atoms with van der Waals surface area (Å²) in [6.07, 6.45) is 1.40. The molecule has 5 rings (SSSR count). The first-order chi connectivity index (χ1) is 17.6. The van der Waals surface area contributed by atoms with Gasteiger partial charge in [0.05, 0.1) is 17.6 Å². The number of rotatable bonds is 6. The Morgan fingerprint density at radius 1 is 0.944 bits per heavy atom. The molecule has 1 aliphatic rings. The number of hydrogen-bond donors (Lipinski definition) is 0. The van der Waals surface area contributed by atoms with Crippen LogP contribution >= 0.6 is 0 Å². The van der Waals surface area contributed by atoms with Crippen molar-refractivity contribution in [2.45, 2.75) is 32.8 Å². The number of likely N-dealkylation sites (tertiary alicyclic amines) is 1. The van der Waals surface area contributed by atoms with E-state index in [1.807, 2.05) is 66.4 Å². The van der Waals surface area contributed by atoms with E-state index in [2.05, 4.69) is 0 Å². The highest BCUT2D eigenvalue weighted by Crippen LogP contribution is 2.31. The number of hydrogen-bond acceptors (Lipinski definition) is 5. The molecule has 2 heterocycles. The Morgan fingerprint density at radius 2 is 1.64 bits per heavy atom. The van der Waals surface area contributed by atoms with Crippen molar-refractivity contribution >= 4 is 16.9 Å². The Morgan fingerprint density at radius 3 is 2.36 bits per heavy atom. The van der Waals surface area contributed by atoms with E-state index in [9.17, 15) is 9.59 Å². The first-order valence-corrected chi connectivity index (χ1v) is 12.4. The molecule has 36 heavy (non-hydrogen) atoms. The minimum Gasteiger partial charge on any atom is -0.490 e. The molecular formula is C30H29NO5. The van der Waals surface area contributed by atoms with Crippen molar-refractivity contribution in [3.05, 3.63) is 94.1 Å². The van der Waals surface area contributed by atoms with Crippen LogP contribution in [0.15, 0.2) is 82.0 Å². The third-order valence-corrected chi connectivity index (χ3v) is 6.58. The van der Waals surface area contributed by atoms with Gasteiger partial charge in [-0.3, -0.25) is 9.59 Å². The van der Waals surface area contributed by atoms with Gasteiger partial charge in [0.2, 0.25) is 0 Å².